The van der Waals surface area contributed by atoms with Gasteiger partial charge in [0.15, 0.2) is 0 Å². The lowest BCUT2D eigenvalue weighted by molar-refractivity contribution is 0.251. The number of nitrogens with one attached hydrogen (secondary N) is 2. The summed E-state index contributed by atoms with van der Waals surface area (Å²) in [5.74, 6) is 0.609. The fourth-order valence-corrected chi connectivity index (χ4v) is 2.37. The zero-order valence-electron chi connectivity index (χ0n) is 13.8. The predicted octanol–water partition coefficient (Wildman–Crippen LogP) is 3.47. The summed E-state index contributed by atoms with van der Waals surface area (Å²) < 4.78 is 5.22. The van der Waals surface area contributed by atoms with Gasteiger partial charge in [0.05, 0.1) is 12.8 Å². The van der Waals surface area contributed by atoms with Gasteiger partial charge in [-0.3, -0.25) is 9.97 Å². The van der Waals surface area contributed by atoms with E-state index in [0.717, 1.165) is 16.7 Å². The first-order valence-electron chi connectivity index (χ1n) is 7.78. The monoisotopic (exact) mass is 334 g/mol. The number of urea groups is 1. The number of pyridine rings is 2. The van der Waals surface area contributed by atoms with Crippen LogP contribution in [0.3, 0.4) is 0 Å². The van der Waals surface area contributed by atoms with Crippen molar-refractivity contribution >= 4 is 11.7 Å². The Morgan fingerprint density at radius 1 is 1.04 bits per heavy atom. The van der Waals surface area contributed by atoms with Crippen LogP contribution >= 0.6 is 0 Å². The summed E-state index contributed by atoms with van der Waals surface area (Å²) in [6.07, 6.45) is 7.01. The Morgan fingerprint density at radius 3 is 2.68 bits per heavy atom. The molecule has 2 amide bonds. The van der Waals surface area contributed by atoms with E-state index >= 15 is 0 Å². The molecule has 3 aromatic rings. The van der Waals surface area contributed by atoms with Crippen molar-refractivity contribution in [3.05, 3.63) is 72.8 Å². The van der Waals surface area contributed by atoms with Crippen LogP contribution in [-0.4, -0.2) is 23.1 Å². The van der Waals surface area contributed by atoms with E-state index in [-0.39, 0.29) is 6.03 Å². The lowest BCUT2D eigenvalue weighted by atomic mass is 10.1. The van der Waals surface area contributed by atoms with Crippen LogP contribution in [0.2, 0.25) is 0 Å². The number of hydrogen-bond donors (Lipinski definition) is 2. The molecular weight excluding hydrogens is 316 g/mol. The van der Waals surface area contributed by atoms with Crippen LogP contribution in [0.1, 0.15) is 5.56 Å². The standard InChI is InChI=1S/C19H18N4O2/c1-25-18-7-3-2-6-17(18)23-19(24)22-11-14-9-16(13-21-10-14)15-5-4-8-20-12-15/h2-10,12-13H,11H2,1H3,(H2,22,23,24). The first kappa shape index (κ1) is 16.4. The molecule has 0 fully saturated rings. The molecule has 126 valence electrons. The van der Waals surface area contributed by atoms with Crippen molar-refractivity contribution in [1.82, 2.24) is 15.3 Å². The molecule has 0 unspecified atom stereocenters. The molecule has 2 heterocycles. The molecule has 0 spiro atoms. The number of para-hydroxylation sites is 2. The molecule has 2 aromatic heterocycles. The number of ether oxygens (including phenoxy) is 1. The number of benzene rings is 1. The highest BCUT2D eigenvalue weighted by molar-refractivity contribution is 5.90. The highest BCUT2D eigenvalue weighted by Gasteiger charge is 2.07. The Labute approximate surface area is 145 Å². The molecule has 25 heavy (non-hydrogen) atoms. The molecule has 6 heteroatoms. The van der Waals surface area contributed by atoms with Crippen LogP contribution in [0.5, 0.6) is 5.75 Å². The maximum absolute atomic E-state index is 12.1. The van der Waals surface area contributed by atoms with Crippen LogP contribution in [-0.2, 0) is 6.54 Å². The molecule has 0 saturated carbocycles. The van der Waals surface area contributed by atoms with Crippen molar-refractivity contribution in [3.8, 4) is 16.9 Å². The van der Waals surface area contributed by atoms with Crippen LogP contribution < -0.4 is 15.4 Å². The maximum Gasteiger partial charge on any atom is 0.319 e. The fraction of sp³-hybridized carbons (Fsp3) is 0.105. The summed E-state index contributed by atoms with van der Waals surface area (Å²) in [7, 11) is 1.56. The van der Waals surface area contributed by atoms with E-state index in [9.17, 15) is 4.79 Å². The molecule has 0 radical (unpaired) electrons. The molecule has 2 N–H and O–H groups in total. The average Bonchev–Trinajstić information content (AvgIpc) is 2.68. The van der Waals surface area contributed by atoms with E-state index in [0.29, 0.717) is 18.0 Å². The molecule has 6 nitrogen and oxygen atoms in total. The number of carbonyl (C=O) groups is 1. The van der Waals surface area contributed by atoms with Gasteiger partial charge >= 0.3 is 6.03 Å². The second kappa shape index (κ2) is 7.92. The van der Waals surface area contributed by atoms with Crippen molar-refractivity contribution in [2.75, 3.05) is 12.4 Å². The van der Waals surface area contributed by atoms with Gasteiger partial charge in [0.1, 0.15) is 5.75 Å². The Bertz CT molecular complexity index is 853. The number of hydrogen-bond acceptors (Lipinski definition) is 4. The number of anilines is 1. The van der Waals surface area contributed by atoms with Gasteiger partial charge in [0.2, 0.25) is 0 Å². The first-order chi connectivity index (χ1) is 12.3. The number of methoxy groups -OCH3 is 1. The number of amides is 2. The highest BCUT2D eigenvalue weighted by Crippen LogP contribution is 2.22. The lowest BCUT2D eigenvalue weighted by Crippen LogP contribution is -2.28. The molecule has 3 rings (SSSR count). The largest absolute Gasteiger partial charge is 0.495 e. The number of carbonyl (C=O) groups excluding carboxylic acids is 1. The zero-order valence-corrected chi connectivity index (χ0v) is 13.8. The number of aromatic nitrogens is 2. The molecule has 0 atom stereocenters. The van der Waals surface area contributed by atoms with Crippen molar-refractivity contribution in [3.63, 3.8) is 0 Å². The fourth-order valence-electron chi connectivity index (χ4n) is 2.37. The molecular formula is C19H18N4O2. The van der Waals surface area contributed by atoms with Gasteiger partial charge in [-0.25, -0.2) is 4.79 Å². The third-order valence-electron chi connectivity index (χ3n) is 3.60. The summed E-state index contributed by atoms with van der Waals surface area (Å²) in [4.78, 5) is 20.4. The lowest BCUT2D eigenvalue weighted by Gasteiger charge is -2.11. The number of rotatable bonds is 5. The third-order valence-corrected chi connectivity index (χ3v) is 3.60. The minimum atomic E-state index is -0.309. The molecule has 0 aliphatic carbocycles. The summed E-state index contributed by atoms with van der Waals surface area (Å²) in [6.45, 7) is 0.363. The first-order valence-corrected chi connectivity index (χ1v) is 7.78. The Morgan fingerprint density at radius 2 is 1.88 bits per heavy atom. The predicted molar refractivity (Wildman–Crippen MR) is 96.3 cm³/mol. The van der Waals surface area contributed by atoms with Gasteiger partial charge in [-0.15, -0.1) is 0 Å². The van der Waals surface area contributed by atoms with Crippen molar-refractivity contribution < 1.29 is 9.53 Å². The molecule has 1 aromatic carbocycles. The summed E-state index contributed by atoms with van der Waals surface area (Å²) >= 11 is 0. The topological polar surface area (TPSA) is 76.1 Å². The summed E-state index contributed by atoms with van der Waals surface area (Å²) in [6, 6.07) is 12.8. The van der Waals surface area contributed by atoms with E-state index in [4.69, 9.17) is 4.74 Å². The van der Waals surface area contributed by atoms with E-state index < -0.39 is 0 Å². The van der Waals surface area contributed by atoms with Crippen molar-refractivity contribution in [2.45, 2.75) is 6.54 Å². The maximum atomic E-state index is 12.1. The second-order valence-electron chi connectivity index (χ2n) is 5.33. The Hall–Kier alpha value is -3.41. The minimum absolute atomic E-state index is 0.309. The van der Waals surface area contributed by atoms with E-state index in [1.54, 1.807) is 44.0 Å². The molecule has 0 aliphatic rings. The van der Waals surface area contributed by atoms with Gasteiger partial charge in [0, 0.05) is 42.5 Å². The van der Waals surface area contributed by atoms with Gasteiger partial charge in [-0.2, -0.15) is 0 Å². The Balaban J connectivity index is 1.63. The van der Waals surface area contributed by atoms with E-state index in [1.165, 1.54) is 0 Å². The smallest absolute Gasteiger partial charge is 0.319 e. The van der Waals surface area contributed by atoms with Gasteiger partial charge in [-0.05, 0) is 29.8 Å². The normalized spacial score (nSPS) is 10.1. The number of nitrogens with zero attached hydrogens (tertiary/aromatic N) is 2. The summed E-state index contributed by atoms with van der Waals surface area (Å²) in [5, 5.41) is 5.59. The van der Waals surface area contributed by atoms with Gasteiger partial charge in [0.25, 0.3) is 0 Å². The second-order valence-corrected chi connectivity index (χ2v) is 5.33. The summed E-state index contributed by atoms with van der Waals surface area (Å²) in [5.41, 5.74) is 3.45. The average molecular weight is 334 g/mol. The van der Waals surface area contributed by atoms with Crippen LogP contribution in [0.4, 0.5) is 10.5 Å². The zero-order chi connectivity index (χ0) is 17.5. The van der Waals surface area contributed by atoms with E-state index in [1.807, 2.05) is 30.3 Å². The van der Waals surface area contributed by atoms with Crippen molar-refractivity contribution in [1.29, 1.82) is 0 Å². The minimum Gasteiger partial charge on any atom is -0.495 e. The molecule has 0 aliphatic heterocycles. The quantitative estimate of drug-likeness (QED) is 0.749. The SMILES string of the molecule is COc1ccccc1NC(=O)NCc1cncc(-c2cccnc2)c1. The van der Waals surface area contributed by atoms with Crippen LogP contribution in [0.25, 0.3) is 11.1 Å². The molecule has 0 saturated heterocycles. The highest BCUT2D eigenvalue weighted by atomic mass is 16.5. The van der Waals surface area contributed by atoms with Crippen LogP contribution in [0.15, 0.2) is 67.3 Å². The van der Waals surface area contributed by atoms with Gasteiger partial charge < -0.3 is 15.4 Å². The van der Waals surface area contributed by atoms with Crippen molar-refractivity contribution in [2.24, 2.45) is 0 Å². The van der Waals surface area contributed by atoms with Crippen LogP contribution in [0, 0.1) is 0 Å². The van der Waals surface area contributed by atoms with Gasteiger partial charge in [-0.1, -0.05) is 18.2 Å². The molecule has 0 bridgehead atoms. The third kappa shape index (κ3) is 4.32. The van der Waals surface area contributed by atoms with E-state index in [2.05, 4.69) is 20.6 Å². The Kier molecular flexibility index (Phi) is 5.21.